The first-order valence-corrected chi connectivity index (χ1v) is 7.57. The summed E-state index contributed by atoms with van der Waals surface area (Å²) in [6.07, 6.45) is -1.45. The summed E-state index contributed by atoms with van der Waals surface area (Å²) in [5, 5.41) is 36.2. The molecule has 0 aliphatic rings. The minimum atomic E-state index is -0.726. The van der Waals surface area contributed by atoms with Gasteiger partial charge in [-0.15, -0.1) is 23.5 Å². The van der Waals surface area contributed by atoms with Crippen molar-refractivity contribution in [2.75, 3.05) is 24.7 Å². The normalized spacial score (nSPS) is 14.4. The van der Waals surface area contributed by atoms with Crippen LogP contribution in [0.25, 0.3) is 0 Å². The molecule has 2 unspecified atom stereocenters. The molecule has 0 bridgehead atoms. The third kappa shape index (κ3) is 5.60. The molecule has 1 aromatic carbocycles. The Bertz CT molecular complexity index is 316. The highest BCUT2D eigenvalue weighted by molar-refractivity contribution is 8.02. The van der Waals surface area contributed by atoms with Crippen molar-refractivity contribution in [3.63, 3.8) is 0 Å². The van der Waals surface area contributed by atoms with Crippen LogP contribution in [0, 0.1) is 0 Å². The molecule has 18 heavy (non-hydrogen) atoms. The summed E-state index contributed by atoms with van der Waals surface area (Å²) in [4.78, 5) is 2.00. The number of benzene rings is 1. The van der Waals surface area contributed by atoms with Gasteiger partial charge >= 0.3 is 0 Å². The Morgan fingerprint density at radius 2 is 1.22 bits per heavy atom. The van der Waals surface area contributed by atoms with E-state index < -0.39 is 12.2 Å². The van der Waals surface area contributed by atoms with Gasteiger partial charge in [0, 0.05) is 21.3 Å². The molecule has 0 spiro atoms. The Labute approximate surface area is 115 Å². The molecule has 0 amide bonds. The van der Waals surface area contributed by atoms with E-state index >= 15 is 0 Å². The molecule has 4 nitrogen and oxygen atoms in total. The van der Waals surface area contributed by atoms with E-state index in [2.05, 4.69) is 0 Å². The Balaban J connectivity index is 2.56. The highest BCUT2D eigenvalue weighted by atomic mass is 32.2. The van der Waals surface area contributed by atoms with Crippen LogP contribution >= 0.6 is 23.5 Å². The molecule has 0 aromatic heterocycles. The fraction of sp³-hybridized carbons (Fsp3) is 0.500. The average Bonchev–Trinajstić information content (AvgIpc) is 2.42. The van der Waals surface area contributed by atoms with Crippen molar-refractivity contribution in [3.05, 3.63) is 24.3 Å². The van der Waals surface area contributed by atoms with E-state index in [0.717, 1.165) is 9.79 Å². The molecule has 0 aliphatic carbocycles. The molecule has 6 heteroatoms. The zero-order chi connectivity index (χ0) is 13.4. The number of aliphatic hydroxyl groups excluding tert-OH is 4. The zero-order valence-corrected chi connectivity index (χ0v) is 11.5. The van der Waals surface area contributed by atoms with Crippen molar-refractivity contribution < 1.29 is 20.4 Å². The number of thioether (sulfide) groups is 2. The van der Waals surface area contributed by atoms with Gasteiger partial charge in [-0.1, -0.05) is 12.1 Å². The monoisotopic (exact) mass is 290 g/mol. The van der Waals surface area contributed by atoms with Crippen LogP contribution in [0.5, 0.6) is 0 Å². The van der Waals surface area contributed by atoms with Crippen LogP contribution in [-0.4, -0.2) is 57.4 Å². The summed E-state index contributed by atoms with van der Waals surface area (Å²) in [5.74, 6) is 0.854. The molecule has 1 rings (SSSR count). The second-order valence-electron chi connectivity index (χ2n) is 3.74. The van der Waals surface area contributed by atoms with Crippen LogP contribution in [0.3, 0.4) is 0 Å². The van der Waals surface area contributed by atoms with Gasteiger partial charge in [0.15, 0.2) is 0 Å². The summed E-state index contributed by atoms with van der Waals surface area (Å²) >= 11 is 2.93. The van der Waals surface area contributed by atoms with Crippen LogP contribution in [0.15, 0.2) is 34.1 Å². The average molecular weight is 290 g/mol. The summed E-state index contributed by atoms with van der Waals surface area (Å²) in [7, 11) is 0. The lowest BCUT2D eigenvalue weighted by Gasteiger charge is -2.12. The first kappa shape index (κ1) is 15.8. The quantitative estimate of drug-likeness (QED) is 0.524. The third-order valence-electron chi connectivity index (χ3n) is 2.13. The standard InChI is InChI=1S/C12H18O4S2/c13-5-9(15)7-17-11-3-1-2-4-12(11)18-8-10(16)6-14/h1-4,9-10,13-16H,5-8H2. The fourth-order valence-electron chi connectivity index (χ4n) is 1.17. The van der Waals surface area contributed by atoms with E-state index in [0.29, 0.717) is 11.5 Å². The van der Waals surface area contributed by atoms with E-state index in [1.165, 1.54) is 23.5 Å². The van der Waals surface area contributed by atoms with Crippen molar-refractivity contribution in [2.24, 2.45) is 0 Å². The van der Waals surface area contributed by atoms with Gasteiger partial charge in [-0.25, -0.2) is 0 Å². The lowest BCUT2D eigenvalue weighted by molar-refractivity contribution is 0.113. The van der Waals surface area contributed by atoms with Gasteiger partial charge in [-0.3, -0.25) is 0 Å². The third-order valence-corrected chi connectivity index (χ3v) is 4.70. The molecule has 0 saturated carbocycles. The lowest BCUT2D eigenvalue weighted by Crippen LogP contribution is -2.15. The molecule has 0 saturated heterocycles. The summed E-state index contributed by atoms with van der Waals surface area (Å²) in [6.45, 7) is -0.489. The topological polar surface area (TPSA) is 80.9 Å². The van der Waals surface area contributed by atoms with Crippen molar-refractivity contribution in [3.8, 4) is 0 Å². The van der Waals surface area contributed by atoms with Crippen molar-refractivity contribution in [1.29, 1.82) is 0 Å². The Kier molecular flexibility index (Phi) is 7.73. The molecule has 0 radical (unpaired) electrons. The molecule has 1 aromatic rings. The maximum Gasteiger partial charge on any atom is 0.0864 e. The SMILES string of the molecule is OCC(O)CSc1ccccc1SCC(O)CO. The Hall–Kier alpha value is -0.240. The number of hydrogen-bond donors (Lipinski definition) is 4. The maximum absolute atomic E-state index is 9.32. The molecule has 102 valence electrons. The van der Waals surface area contributed by atoms with Crippen molar-refractivity contribution in [1.82, 2.24) is 0 Å². The fourth-order valence-corrected chi connectivity index (χ4v) is 3.24. The highest BCUT2D eigenvalue weighted by Crippen LogP contribution is 2.31. The second-order valence-corrected chi connectivity index (χ2v) is 5.87. The Morgan fingerprint density at radius 3 is 1.56 bits per heavy atom. The van der Waals surface area contributed by atoms with Gasteiger partial charge in [0.2, 0.25) is 0 Å². The van der Waals surface area contributed by atoms with Gasteiger partial charge in [-0.05, 0) is 12.1 Å². The first-order chi connectivity index (χ1) is 8.67. The molecule has 4 N–H and O–H groups in total. The second kappa shape index (κ2) is 8.79. The van der Waals surface area contributed by atoms with Gasteiger partial charge < -0.3 is 20.4 Å². The molecule has 0 heterocycles. The van der Waals surface area contributed by atoms with Crippen LogP contribution in [-0.2, 0) is 0 Å². The molecule has 0 aliphatic heterocycles. The first-order valence-electron chi connectivity index (χ1n) is 5.59. The zero-order valence-electron chi connectivity index (χ0n) is 9.90. The van der Waals surface area contributed by atoms with E-state index in [-0.39, 0.29) is 13.2 Å². The highest BCUT2D eigenvalue weighted by Gasteiger charge is 2.09. The van der Waals surface area contributed by atoms with E-state index in [1.807, 2.05) is 24.3 Å². The molecular weight excluding hydrogens is 272 g/mol. The van der Waals surface area contributed by atoms with Crippen LogP contribution in [0.1, 0.15) is 0 Å². The molecule has 2 atom stereocenters. The predicted octanol–water partition coefficient (Wildman–Crippen LogP) is 0.577. The van der Waals surface area contributed by atoms with Crippen LogP contribution in [0.4, 0.5) is 0 Å². The van der Waals surface area contributed by atoms with Crippen molar-refractivity contribution in [2.45, 2.75) is 22.0 Å². The summed E-state index contributed by atoms with van der Waals surface area (Å²) in [6, 6.07) is 7.67. The van der Waals surface area contributed by atoms with Gasteiger partial charge in [0.1, 0.15) is 0 Å². The smallest absolute Gasteiger partial charge is 0.0864 e. The minimum Gasteiger partial charge on any atom is -0.394 e. The maximum atomic E-state index is 9.32. The van der Waals surface area contributed by atoms with Gasteiger partial charge in [0.05, 0.1) is 25.4 Å². The summed E-state index contributed by atoms with van der Waals surface area (Å²) in [5.41, 5.74) is 0. The molecular formula is C12H18O4S2. The number of aliphatic hydroxyl groups is 4. The van der Waals surface area contributed by atoms with E-state index in [4.69, 9.17) is 10.2 Å². The van der Waals surface area contributed by atoms with Gasteiger partial charge in [-0.2, -0.15) is 0 Å². The largest absolute Gasteiger partial charge is 0.394 e. The summed E-state index contributed by atoms with van der Waals surface area (Å²) < 4.78 is 0. The predicted molar refractivity (Wildman–Crippen MR) is 74.1 cm³/mol. The minimum absolute atomic E-state index is 0.245. The molecule has 0 fully saturated rings. The van der Waals surface area contributed by atoms with Gasteiger partial charge in [0.25, 0.3) is 0 Å². The van der Waals surface area contributed by atoms with Crippen LogP contribution in [0.2, 0.25) is 0 Å². The number of hydrogen-bond acceptors (Lipinski definition) is 6. The van der Waals surface area contributed by atoms with Crippen LogP contribution < -0.4 is 0 Å². The van der Waals surface area contributed by atoms with E-state index in [1.54, 1.807) is 0 Å². The lowest BCUT2D eigenvalue weighted by atomic mass is 10.4. The number of rotatable bonds is 8. The Morgan fingerprint density at radius 1 is 0.833 bits per heavy atom. The van der Waals surface area contributed by atoms with E-state index in [9.17, 15) is 10.2 Å². The van der Waals surface area contributed by atoms with Crippen molar-refractivity contribution >= 4 is 23.5 Å².